The summed E-state index contributed by atoms with van der Waals surface area (Å²) in [6.07, 6.45) is 0. The van der Waals surface area contributed by atoms with E-state index in [1.54, 1.807) is 24.3 Å². The van der Waals surface area contributed by atoms with Crippen molar-refractivity contribution in [1.29, 1.82) is 0 Å². The molecule has 0 saturated heterocycles. The molecule has 0 bridgehead atoms. The standard InChI is InChI=1S/C26H26N2O3/c1-5-27-21-13-23-19(11-15(21)3)25(17-9-7-8-10-18(17)26(29)30)20-12-16(4)22(28-6-2)14-24(20)31-23/h7-14,27H,5-6H2,1-4H3,(H,29,30)/b28-22+/i13D,14D. The van der Waals surface area contributed by atoms with Crippen LogP contribution in [0.1, 0.15) is 38.1 Å². The van der Waals surface area contributed by atoms with Crippen molar-refractivity contribution in [3.05, 3.63) is 70.5 Å². The molecule has 0 aromatic heterocycles. The number of aryl methyl sites for hydroxylation is 2. The highest BCUT2D eigenvalue weighted by Gasteiger charge is 2.22. The first kappa shape index (κ1) is 18.2. The lowest BCUT2D eigenvalue weighted by atomic mass is 9.89. The maximum atomic E-state index is 12.1. The summed E-state index contributed by atoms with van der Waals surface area (Å²) in [6.45, 7) is 8.83. The van der Waals surface area contributed by atoms with Gasteiger partial charge in [0, 0.05) is 47.4 Å². The predicted octanol–water partition coefficient (Wildman–Crippen LogP) is 5.87. The molecular formula is C26H26N2O3. The highest BCUT2D eigenvalue weighted by molar-refractivity contribution is 6.08. The molecule has 2 N–H and O–H groups in total. The molecule has 158 valence electrons. The molecule has 1 aliphatic heterocycles. The zero-order valence-electron chi connectivity index (χ0n) is 20.1. The van der Waals surface area contributed by atoms with Crippen LogP contribution >= 0.6 is 0 Å². The molecule has 1 heterocycles. The largest absolute Gasteiger partial charge is 0.478 e. The number of nitrogens with one attached hydrogen (secondary N) is 1. The second kappa shape index (κ2) is 8.26. The minimum absolute atomic E-state index is 0.132. The molecule has 0 unspecified atom stereocenters. The Morgan fingerprint density at radius 2 is 1.90 bits per heavy atom. The van der Waals surface area contributed by atoms with Crippen LogP contribution in [0, 0.1) is 13.8 Å². The number of anilines is 1. The summed E-state index contributed by atoms with van der Waals surface area (Å²) < 4.78 is 23.9. The zero-order chi connectivity index (χ0) is 23.9. The van der Waals surface area contributed by atoms with Gasteiger partial charge in [-0.3, -0.25) is 4.99 Å². The van der Waals surface area contributed by atoms with Gasteiger partial charge in [0.2, 0.25) is 0 Å². The van der Waals surface area contributed by atoms with Gasteiger partial charge in [-0.2, -0.15) is 0 Å². The lowest BCUT2D eigenvalue weighted by Gasteiger charge is -2.19. The zero-order valence-corrected chi connectivity index (χ0v) is 18.1. The summed E-state index contributed by atoms with van der Waals surface area (Å²) in [4.78, 5) is 16.6. The van der Waals surface area contributed by atoms with Crippen LogP contribution in [0.15, 0.2) is 57.9 Å². The Morgan fingerprint density at radius 3 is 2.61 bits per heavy atom. The van der Waals surface area contributed by atoms with Gasteiger partial charge < -0.3 is 14.8 Å². The predicted molar refractivity (Wildman–Crippen MR) is 125 cm³/mol. The molecule has 2 aliphatic rings. The number of fused-ring (bicyclic) bond motifs is 2. The Kier molecular flexibility index (Phi) is 4.85. The summed E-state index contributed by atoms with van der Waals surface area (Å²) in [5.41, 5.74) is 4.57. The lowest BCUT2D eigenvalue weighted by Crippen LogP contribution is -2.09. The van der Waals surface area contributed by atoms with Gasteiger partial charge in [-0.15, -0.1) is 0 Å². The Hall–Kier alpha value is -3.60. The van der Waals surface area contributed by atoms with E-state index in [1.807, 2.05) is 39.8 Å². The number of carboxylic acids is 1. The molecule has 0 fully saturated rings. The monoisotopic (exact) mass is 416 g/mol. The minimum atomic E-state index is -1.04. The number of benzene rings is 3. The van der Waals surface area contributed by atoms with Crippen LogP contribution < -0.4 is 10.7 Å². The summed E-state index contributed by atoms with van der Waals surface area (Å²) in [5, 5.41) is 14.3. The molecular weight excluding hydrogens is 388 g/mol. The number of hydrogen-bond donors (Lipinski definition) is 2. The van der Waals surface area contributed by atoms with E-state index >= 15 is 0 Å². The Balaban J connectivity index is 2.30. The Bertz CT molecular complexity index is 1440. The van der Waals surface area contributed by atoms with Crippen molar-refractivity contribution in [2.75, 3.05) is 18.4 Å². The average molecular weight is 417 g/mol. The SMILES string of the molecule is [2H]c1c2oc3c([2H])c(NCC)c(C)cc3c(-c3ccccc3C(=O)O)c-2cc(C)/c1=N/CC. The van der Waals surface area contributed by atoms with E-state index < -0.39 is 5.97 Å². The van der Waals surface area contributed by atoms with E-state index in [0.717, 1.165) is 11.1 Å². The molecule has 0 saturated carbocycles. The fraction of sp³-hybridized carbons (Fsp3) is 0.231. The smallest absolute Gasteiger partial charge is 0.336 e. The van der Waals surface area contributed by atoms with Crippen LogP contribution in [0.4, 0.5) is 5.69 Å². The van der Waals surface area contributed by atoms with Crippen LogP contribution in [0.3, 0.4) is 0 Å². The Labute approximate surface area is 184 Å². The van der Waals surface area contributed by atoms with E-state index in [2.05, 4.69) is 10.3 Å². The number of nitrogens with zero attached hydrogens (tertiary/aromatic N) is 1. The second-order valence-electron chi connectivity index (χ2n) is 7.45. The molecule has 2 aromatic carbocycles. The number of rotatable bonds is 5. The highest BCUT2D eigenvalue weighted by atomic mass is 16.4. The number of carbonyl (C=O) groups is 1. The fourth-order valence-corrected chi connectivity index (χ4v) is 3.90. The number of hydrogen-bond acceptors (Lipinski definition) is 4. The fourth-order valence-electron chi connectivity index (χ4n) is 3.90. The van der Waals surface area contributed by atoms with Crippen LogP contribution in [0.2, 0.25) is 0 Å². The van der Waals surface area contributed by atoms with Crippen molar-refractivity contribution in [3.63, 3.8) is 0 Å². The number of aromatic carboxylic acids is 1. The summed E-state index contributed by atoms with van der Waals surface area (Å²) >= 11 is 0. The van der Waals surface area contributed by atoms with E-state index in [1.165, 1.54) is 0 Å². The van der Waals surface area contributed by atoms with Gasteiger partial charge in [0.1, 0.15) is 11.3 Å². The molecule has 0 spiro atoms. The molecule has 1 aliphatic carbocycles. The van der Waals surface area contributed by atoms with E-state index in [9.17, 15) is 9.90 Å². The van der Waals surface area contributed by atoms with E-state index in [0.29, 0.717) is 51.8 Å². The number of carboxylic acid groups (broad SMARTS) is 1. The normalized spacial score (nSPS) is 12.8. The first-order chi connectivity index (χ1) is 15.8. The van der Waals surface area contributed by atoms with Gasteiger partial charge in [-0.1, -0.05) is 18.2 Å². The van der Waals surface area contributed by atoms with Crippen LogP contribution in [0.5, 0.6) is 0 Å². The topological polar surface area (TPSA) is 74.8 Å². The van der Waals surface area contributed by atoms with Crippen molar-refractivity contribution in [2.24, 2.45) is 4.99 Å². The van der Waals surface area contributed by atoms with Gasteiger partial charge in [-0.25, -0.2) is 4.79 Å². The van der Waals surface area contributed by atoms with Crippen molar-refractivity contribution < 1.29 is 17.1 Å². The molecule has 0 amide bonds. The third-order valence-corrected chi connectivity index (χ3v) is 5.29. The van der Waals surface area contributed by atoms with Crippen LogP contribution in [-0.2, 0) is 0 Å². The third-order valence-electron chi connectivity index (χ3n) is 5.29. The molecule has 0 radical (unpaired) electrons. The maximum absolute atomic E-state index is 12.1. The van der Waals surface area contributed by atoms with Gasteiger partial charge in [0.15, 0.2) is 0 Å². The minimum Gasteiger partial charge on any atom is -0.478 e. The second-order valence-corrected chi connectivity index (χ2v) is 7.45. The molecule has 5 nitrogen and oxygen atoms in total. The third kappa shape index (κ3) is 3.67. The average Bonchev–Trinajstić information content (AvgIpc) is 2.78. The molecule has 4 rings (SSSR count). The van der Waals surface area contributed by atoms with Crippen molar-refractivity contribution in [1.82, 2.24) is 0 Å². The summed E-state index contributed by atoms with van der Waals surface area (Å²) in [5.74, 6) is -0.754. The first-order valence-corrected chi connectivity index (χ1v) is 10.4. The van der Waals surface area contributed by atoms with E-state index in [-0.39, 0.29) is 23.4 Å². The van der Waals surface area contributed by atoms with Gasteiger partial charge in [0.05, 0.1) is 13.7 Å². The van der Waals surface area contributed by atoms with Crippen molar-refractivity contribution in [3.8, 4) is 22.5 Å². The van der Waals surface area contributed by atoms with Gasteiger partial charge >= 0.3 is 5.97 Å². The molecule has 0 atom stereocenters. The molecule has 2 aromatic rings. The summed E-state index contributed by atoms with van der Waals surface area (Å²) in [6, 6.07) is 10.9. The summed E-state index contributed by atoms with van der Waals surface area (Å²) in [7, 11) is 0. The van der Waals surface area contributed by atoms with E-state index in [4.69, 9.17) is 7.16 Å². The van der Waals surface area contributed by atoms with Gasteiger partial charge in [-0.05, 0) is 62.6 Å². The maximum Gasteiger partial charge on any atom is 0.336 e. The van der Waals surface area contributed by atoms with Crippen LogP contribution in [-0.4, -0.2) is 24.2 Å². The van der Waals surface area contributed by atoms with Crippen LogP contribution in [0.25, 0.3) is 33.4 Å². The lowest BCUT2D eigenvalue weighted by molar-refractivity contribution is 0.0697. The molecule has 31 heavy (non-hydrogen) atoms. The quantitative estimate of drug-likeness (QED) is 0.399. The van der Waals surface area contributed by atoms with Crippen molar-refractivity contribution in [2.45, 2.75) is 27.7 Å². The van der Waals surface area contributed by atoms with Gasteiger partial charge in [0.25, 0.3) is 0 Å². The Morgan fingerprint density at radius 1 is 1.13 bits per heavy atom. The van der Waals surface area contributed by atoms with Crippen molar-refractivity contribution >= 4 is 22.6 Å². The first-order valence-electron chi connectivity index (χ1n) is 11.4. The highest BCUT2D eigenvalue weighted by Crippen LogP contribution is 2.42. The molecule has 5 heteroatoms.